The van der Waals surface area contributed by atoms with E-state index in [4.69, 9.17) is 28.4 Å². The number of carbonyl (C=O) groups is 1. The van der Waals surface area contributed by atoms with Crippen molar-refractivity contribution in [2.24, 2.45) is 0 Å². The summed E-state index contributed by atoms with van der Waals surface area (Å²) in [6.07, 6.45) is -1.99. The minimum atomic E-state index is -1.51. The zero-order chi connectivity index (χ0) is 22.1. The number of carbonyl (C=O) groups excluding carboxylic acids is 1. The molecule has 2 aliphatic heterocycles. The van der Waals surface area contributed by atoms with Crippen LogP contribution in [-0.2, 0) is 35.1 Å². The monoisotopic (exact) mass is 438 g/mol. The summed E-state index contributed by atoms with van der Waals surface area (Å²) in [4.78, 5) is 11.9. The molecular formula is C22H34O7Si. The minimum absolute atomic E-state index is 0.346. The van der Waals surface area contributed by atoms with Crippen LogP contribution in [0, 0.1) is 0 Å². The van der Waals surface area contributed by atoms with Crippen LogP contribution in [0.25, 0.3) is 0 Å². The average molecular weight is 439 g/mol. The zero-order valence-corrected chi connectivity index (χ0v) is 20.1. The first kappa shape index (κ1) is 23.2. The maximum Gasteiger partial charge on any atom is 0.303 e. The molecule has 30 heavy (non-hydrogen) atoms. The van der Waals surface area contributed by atoms with E-state index in [1.54, 1.807) is 7.11 Å². The van der Waals surface area contributed by atoms with Crippen molar-refractivity contribution < 1.29 is 33.2 Å². The van der Waals surface area contributed by atoms with Crippen molar-refractivity contribution in [2.45, 2.75) is 82.8 Å². The van der Waals surface area contributed by atoms with Crippen molar-refractivity contribution >= 4 is 14.8 Å². The smallest absolute Gasteiger partial charge is 0.303 e. The summed E-state index contributed by atoms with van der Waals surface area (Å²) < 4.78 is 36.4. The fraction of sp³-hybridized carbons (Fsp3) is 0.682. The predicted octanol–water partition coefficient (Wildman–Crippen LogP) is 2.85. The lowest BCUT2D eigenvalue weighted by molar-refractivity contribution is -0.299. The summed E-state index contributed by atoms with van der Waals surface area (Å²) in [5, 5.41) is 0. The van der Waals surface area contributed by atoms with E-state index in [1.807, 2.05) is 45.0 Å². The van der Waals surface area contributed by atoms with Crippen LogP contribution >= 0.6 is 0 Å². The molecule has 2 aliphatic rings. The summed E-state index contributed by atoms with van der Waals surface area (Å²) in [6.45, 7) is 12.4. The van der Waals surface area contributed by atoms with Crippen LogP contribution in [0.2, 0.25) is 13.1 Å². The second-order valence-electron chi connectivity index (χ2n) is 9.19. The topological polar surface area (TPSA) is 72.5 Å². The van der Waals surface area contributed by atoms with Crippen LogP contribution in [-0.4, -0.2) is 63.9 Å². The van der Waals surface area contributed by atoms with E-state index in [-0.39, 0.29) is 12.1 Å². The lowest BCUT2D eigenvalue weighted by Gasteiger charge is -2.49. The van der Waals surface area contributed by atoms with Gasteiger partial charge in [0, 0.05) is 6.92 Å². The zero-order valence-electron chi connectivity index (χ0n) is 19.0. The van der Waals surface area contributed by atoms with E-state index in [2.05, 4.69) is 13.1 Å². The molecule has 0 aromatic heterocycles. The van der Waals surface area contributed by atoms with Crippen LogP contribution in [0.15, 0.2) is 24.3 Å². The minimum Gasteiger partial charge on any atom is -0.497 e. The average Bonchev–Trinajstić information content (AvgIpc) is 3.07. The molecule has 3 rings (SSSR count). The molecule has 1 aromatic rings. The van der Waals surface area contributed by atoms with E-state index in [1.165, 1.54) is 6.92 Å². The van der Waals surface area contributed by atoms with Gasteiger partial charge in [-0.3, -0.25) is 4.79 Å². The Morgan fingerprint density at radius 1 is 1.20 bits per heavy atom. The third-order valence-electron chi connectivity index (χ3n) is 5.38. The van der Waals surface area contributed by atoms with Crippen LogP contribution in [0.3, 0.4) is 0 Å². The maximum atomic E-state index is 11.9. The van der Waals surface area contributed by atoms with Crippen molar-refractivity contribution in [3.8, 4) is 5.75 Å². The third kappa shape index (κ3) is 4.89. The maximum absolute atomic E-state index is 11.9. The Hall–Kier alpha value is -1.45. The second-order valence-corrected chi connectivity index (χ2v) is 12.3. The fourth-order valence-electron chi connectivity index (χ4n) is 4.03. The Morgan fingerprint density at radius 2 is 1.87 bits per heavy atom. The van der Waals surface area contributed by atoms with Crippen LogP contribution in [0.4, 0.5) is 0 Å². The molecule has 2 bridgehead atoms. The number of hydrogen-bond donors (Lipinski definition) is 0. The SMILES string of the molecule is COc1ccc(CO[C@H]2[C@@H](OC(C)=O)[C@H]3CO[C@@]([SiH](C)C)(O3)[C@@H]2OC(C)(C)C)cc1. The van der Waals surface area contributed by atoms with Gasteiger partial charge in [-0.05, 0) is 38.5 Å². The Labute approximate surface area is 180 Å². The molecule has 1 aromatic carbocycles. The molecule has 0 amide bonds. The van der Waals surface area contributed by atoms with E-state index in [0.29, 0.717) is 13.2 Å². The number of ether oxygens (including phenoxy) is 6. The number of hydrogen-bond acceptors (Lipinski definition) is 7. The highest BCUT2D eigenvalue weighted by atomic mass is 28.3. The van der Waals surface area contributed by atoms with Crippen molar-refractivity contribution in [3.05, 3.63) is 29.8 Å². The van der Waals surface area contributed by atoms with Gasteiger partial charge >= 0.3 is 5.97 Å². The molecule has 0 aliphatic carbocycles. The van der Waals surface area contributed by atoms with Crippen molar-refractivity contribution in [3.63, 3.8) is 0 Å². The summed E-state index contributed by atoms with van der Waals surface area (Å²) in [7, 11) is 0.124. The molecule has 7 nitrogen and oxygen atoms in total. The summed E-state index contributed by atoms with van der Waals surface area (Å²) in [5.74, 6) is 0.408. The molecule has 8 heteroatoms. The van der Waals surface area contributed by atoms with E-state index >= 15 is 0 Å². The van der Waals surface area contributed by atoms with Gasteiger partial charge in [0.15, 0.2) is 11.5 Å². The molecule has 0 N–H and O–H groups in total. The van der Waals surface area contributed by atoms with Crippen molar-refractivity contribution in [1.82, 2.24) is 0 Å². The first-order valence-electron chi connectivity index (χ1n) is 10.5. The van der Waals surface area contributed by atoms with Gasteiger partial charge < -0.3 is 28.4 Å². The third-order valence-corrected chi connectivity index (χ3v) is 7.62. The van der Waals surface area contributed by atoms with Crippen LogP contribution in [0.1, 0.15) is 33.3 Å². The van der Waals surface area contributed by atoms with E-state index in [9.17, 15) is 4.79 Å². The molecule has 0 saturated carbocycles. The second kappa shape index (κ2) is 8.96. The number of fused-ring (bicyclic) bond motifs is 2. The Balaban J connectivity index is 1.91. The molecular weight excluding hydrogens is 404 g/mol. The van der Waals surface area contributed by atoms with Gasteiger partial charge in [-0.15, -0.1) is 0 Å². The number of methoxy groups -OCH3 is 1. The Morgan fingerprint density at radius 3 is 2.40 bits per heavy atom. The summed E-state index contributed by atoms with van der Waals surface area (Å²) in [6, 6.07) is 7.70. The molecule has 2 saturated heterocycles. The first-order valence-corrected chi connectivity index (χ1v) is 13.4. The normalized spacial score (nSPS) is 31.1. The lowest BCUT2D eigenvalue weighted by atomic mass is 9.98. The Bertz CT molecular complexity index is 730. The number of benzene rings is 1. The van der Waals surface area contributed by atoms with Crippen LogP contribution < -0.4 is 4.74 Å². The molecule has 2 heterocycles. The highest BCUT2D eigenvalue weighted by molar-refractivity contribution is 6.59. The van der Waals surface area contributed by atoms with Gasteiger partial charge in [-0.1, -0.05) is 25.2 Å². The van der Waals surface area contributed by atoms with Gasteiger partial charge in [0.2, 0.25) is 0 Å². The largest absolute Gasteiger partial charge is 0.497 e. The number of rotatable bonds is 7. The quantitative estimate of drug-likeness (QED) is 0.479. The van der Waals surface area contributed by atoms with Gasteiger partial charge in [0.25, 0.3) is 0 Å². The van der Waals surface area contributed by atoms with Gasteiger partial charge in [-0.25, -0.2) is 0 Å². The standard InChI is InChI=1S/C22H34O7Si/c1-14(23)27-18-17-13-26-22(28-17,30(6)7)20(29-21(2,3)4)19(18)25-12-15-8-10-16(24-5)11-9-15/h8-11,17-20,30H,12-13H2,1-7H3/t17-,18+,19+,20-,22-/m1/s1. The molecule has 2 fully saturated rings. The van der Waals surface area contributed by atoms with Gasteiger partial charge in [0.1, 0.15) is 32.9 Å². The highest BCUT2D eigenvalue weighted by Gasteiger charge is 2.64. The van der Waals surface area contributed by atoms with Gasteiger partial charge in [-0.2, -0.15) is 0 Å². The molecule has 0 unspecified atom stereocenters. The molecule has 0 radical (unpaired) electrons. The van der Waals surface area contributed by atoms with E-state index < -0.39 is 38.1 Å². The van der Waals surface area contributed by atoms with Crippen molar-refractivity contribution in [1.29, 1.82) is 0 Å². The molecule has 5 atom stereocenters. The predicted molar refractivity (Wildman–Crippen MR) is 114 cm³/mol. The van der Waals surface area contributed by atoms with Crippen molar-refractivity contribution in [2.75, 3.05) is 13.7 Å². The summed E-state index contributed by atoms with van der Waals surface area (Å²) in [5.41, 5.74) is -0.285. The Kier molecular flexibility index (Phi) is 6.93. The summed E-state index contributed by atoms with van der Waals surface area (Å²) >= 11 is 0. The fourth-order valence-corrected chi connectivity index (χ4v) is 5.82. The lowest BCUT2D eigenvalue weighted by Crippen LogP contribution is -2.68. The molecule has 0 spiro atoms. The van der Waals surface area contributed by atoms with E-state index in [0.717, 1.165) is 11.3 Å². The first-order chi connectivity index (χ1) is 14.1. The van der Waals surface area contributed by atoms with Gasteiger partial charge in [0.05, 0.1) is 25.9 Å². The highest BCUT2D eigenvalue weighted by Crippen LogP contribution is 2.44. The number of esters is 1. The molecule has 168 valence electrons. The van der Waals surface area contributed by atoms with Crippen LogP contribution in [0.5, 0.6) is 5.75 Å².